The number of amides is 2. The number of hydrogen-bond acceptors (Lipinski definition) is 4. The summed E-state index contributed by atoms with van der Waals surface area (Å²) in [6, 6.07) is 12.1. The van der Waals surface area contributed by atoms with Gasteiger partial charge in [0.2, 0.25) is 0 Å². The van der Waals surface area contributed by atoms with E-state index in [-0.39, 0.29) is 11.5 Å². The lowest BCUT2D eigenvalue weighted by Gasteiger charge is -2.19. The molecule has 0 saturated heterocycles. The molecule has 0 unspecified atom stereocenters. The Bertz CT molecular complexity index is 805. The van der Waals surface area contributed by atoms with Crippen molar-refractivity contribution in [3.63, 3.8) is 0 Å². The van der Waals surface area contributed by atoms with Crippen LogP contribution in [-0.4, -0.2) is 28.7 Å². The first-order valence-corrected chi connectivity index (χ1v) is 7.89. The number of carboxylic acid groups (broad SMARTS) is 1. The molecule has 0 aliphatic rings. The van der Waals surface area contributed by atoms with Crippen LogP contribution in [0.2, 0.25) is 0 Å². The van der Waals surface area contributed by atoms with E-state index in [1.54, 1.807) is 45.0 Å². The van der Waals surface area contributed by atoms with Crippen LogP contribution in [0.3, 0.4) is 0 Å². The summed E-state index contributed by atoms with van der Waals surface area (Å²) in [5.41, 5.74) is 0.917. The van der Waals surface area contributed by atoms with Gasteiger partial charge >= 0.3 is 12.1 Å². The molecule has 7 heteroatoms. The lowest BCUT2D eigenvalue weighted by Crippen LogP contribution is -2.27. The topological polar surface area (TPSA) is 105 Å². The first-order chi connectivity index (χ1) is 12.1. The van der Waals surface area contributed by atoms with Crippen LogP contribution in [0.4, 0.5) is 16.2 Å². The molecular formula is C19H20N2O5. The standard InChI is InChI=1S/C19H20N2O5/c1-19(2,3)26-18(25)21-15-8-4-12(5-9-15)16(22)20-14-10-6-13(7-11-14)17(23)24/h4-11H,1-3H3,(H,20,22)(H,21,25)(H,23,24). The van der Waals surface area contributed by atoms with Gasteiger partial charge in [-0.05, 0) is 69.3 Å². The zero-order chi connectivity index (χ0) is 19.3. The smallest absolute Gasteiger partial charge is 0.412 e. The Morgan fingerprint density at radius 2 is 1.27 bits per heavy atom. The van der Waals surface area contributed by atoms with Gasteiger partial charge in [0.1, 0.15) is 5.60 Å². The fourth-order valence-electron chi connectivity index (χ4n) is 2.03. The summed E-state index contributed by atoms with van der Waals surface area (Å²) in [7, 11) is 0. The fourth-order valence-corrected chi connectivity index (χ4v) is 2.03. The third-order valence-corrected chi connectivity index (χ3v) is 3.18. The molecule has 0 fully saturated rings. The molecule has 0 aliphatic carbocycles. The summed E-state index contributed by atoms with van der Waals surface area (Å²) < 4.78 is 5.15. The minimum Gasteiger partial charge on any atom is -0.478 e. The molecule has 0 heterocycles. The Morgan fingerprint density at radius 1 is 0.808 bits per heavy atom. The maximum Gasteiger partial charge on any atom is 0.412 e. The molecule has 0 spiro atoms. The van der Waals surface area contributed by atoms with Crippen molar-refractivity contribution in [1.29, 1.82) is 0 Å². The SMILES string of the molecule is CC(C)(C)OC(=O)Nc1ccc(C(=O)Nc2ccc(C(=O)O)cc2)cc1. The molecule has 2 amide bonds. The summed E-state index contributed by atoms with van der Waals surface area (Å²) in [6.07, 6.45) is -0.576. The van der Waals surface area contributed by atoms with Crippen molar-refractivity contribution in [3.05, 3.63) is 59.7 Å². The first kappa shape index (κ1) is 19.0. The van der Waals surface area contributed by atoms with E-state index in [1.165, 1.54) is 24.3 Å². The number of rotatable bonds is 4. The molecule has 0 saturated carbocycles. The van der Waals surface area contributed by atoms with E-state index in [0.29, 0.717) is 16.9 Å². The van der Waals surface area contributed by atoms with Gasteiger partial charge in [-0.3, -0.25) is 10.1 Å². The predicted octanol–water partition coefficient (Wildman–Crippen LogP) is 3.98. The summed E-state index contributed by atoms with van der Waals surface area (Å²) in [5, 5.41) is 14.1. The van der Waals surface area contributed by atoms with Gasteiger partial charge in [0.05, 0.1) is 5.56 Å². The van der Waals surface area contributed by atoms with Crippen LogP contribution in [0.25, 0.3) is 0 Å². The number of benzene rings is 2. The van der Waals surface area contributed by atoms with Crippen LogP contribution in [0.1, 0.15) is 41.5 Å². The van der Waals surface area contributed by atoms with E-state index in [4.69, 9.17) is 9.84 Å². The molecule has 7 nitrogen and oxygen atoms in total. The molecule has 0 aromatic heterocycles. The molecule has 2 rings (SSSR count). The number of anilines is 2. The number of carboxylic acids is 1. The van der Waals surface area contributed by atoms with Crippen LogP contribution >= 0.6 is 0 Å². The van der Waals surface area contributed by atoms with Crippen molar-refractivity contribution in [2.45, 2.75) is 26.4 Å². The molecule has 26 heavy (non-hydrogen) atoms. The third kappa shape index (κ3) is 5.62. The Kier molecular flexibility index (Phi) is 5.61. The molecule has 0 aliphatic heterocycles. The Morgan fingerprint density at radius 3 is 1.73 bits per heavy atom. The minimum absolute atomic E-state index is 0.139. The van der Waals surface area contributed by atoms with Crippen LogP contribution < -0.4 is 10.6 Å². The zero-order valence-corrected chi connectivity index (χ0v) is 14.7. The normalized spacial score (nSPS) is 10.7. The van der Waals surface area contributed by atoms with Gasteiger partial charge < -0.3 is 15.2 Å². The fraction of sp³-hybridized carbons (Fsp3) is 0.211. The first-order valence-electron chi connectivity index (χ1n) is 7.89. The van der Waals surface area contributed by atoms with Gasteiger partial charge in [-0.1, -0.05) is 0 Å². The lowest BCUT2D eigenvalue weighted by atomic mass is 10.1. The average Bonchev–Trinajstić information content (AvgIpc) is 2.54. The number of nitrogens with one attached hydrogen (secondary N) is 2. The van der Waals surface area contributed by atoms with E-state index in [2.05, 4.69) is 10.6 Å². The molecule has 136 valence electrons. The van der Waals surface area contributed by atoms with E-state index < -0.39 is 17.7 Å². The maximum atomic E-state index is 12.2. The van der Waals surface area contributed by atoms with Crippen molar-refractivity contribution in [1.82, 2.24) is 0 Å². The summed E-state index contributed by atoms with van der Waals surface area (Å²) in [5.74, 6) is -1.38. The number of aromatic carboxylic acids is 1. The maximum absolute atomic E-state index is 12.2. The number of ether oxygens (including phenoxy) is 1. The second kappa shape index (κ2) is 7.69. The van der Waals surface area contributed by atoms with Crippen LogP contribution in [0.15, 0.2) is 48.5 Å². The Hall–Kier alpha value is -3.35. The lowest BCUT2D eigenvalue weighted by molar-refractivity contribution is 0.0634. The van der Waals surface area contributed by atoms with E-state index >= 15 is 0 Å². The van der Waals surface area contributed by atoms with Crippen molar-refractivity contribution in [2.24, 2.45) is 0 Å². The highest BCUT2D eigenvalue weighted by atomic mass is 16.6. The van der Waals surface area contributed by atoms with Gasteiger partial charge in [0.15, 0.2) is 0 Å². The molecule has 0 bridgehead atoms. The monoisotopic (exact) mass is 356 g/mol. The number of carbonyl (C=O) groups is 3. The van der Waals surface area contributed by atoms with Crippen molar-refractivity contribution in [2.75, 3.05) is 10.6 Å². The molecular weight excluding hydrogens is 336 g/mol. The number of hydrogen-bond donors (Lipinski definition) is 3. The van der Waals surface area contributed by atoms with Gasteiger partial charge in [0.25, 0.3) is 5.91 Å². The van der Waals surface area contributed by atoms with Gasteiger partial charge in [0, 0.05) is 16.9 Å². The van der Waals surface area contributed by atoms with Crippen molar-refractivity contribution >= 4 is 29.3 Å². The Labute approximate surface area is 151 Å². The summed E-state index contributed by atoms with van der Waals surface area (Å²) in [4.78, 5) is 34.7. The van der Waals surface area contributed by atoms with Gasteiger partial charge in [-0.2, -0.15) is 0 Å². The van der Waals surface area contributed by atoms with Crippen molar-refractivity contribution < 1.29 is 24.2 Å². The van der Waals surface area contributed by atoms with Gasteiger partial charge in [-0.25, -0.2) is 9.59 Å². The van der Waals surface area contributed by atoms with E-state index in [9.17, 15) is 14.4 Å². The highest BCUT2D eigenvalue weighted by molar-refractivity contribution is 6.04. The molecule has 0 atom stereocenters. The highest BCUT2D eigenvalue weighted by Gasteiger charge is 2.16. The Balaban J connectivity index is 1.97. The second-order valence-corrected chi connectivity index (χ2v) is 6.54. The predicted molar refractivity (Wildman–Crippen MR) is 97.7 cm³/mol. The zero-order valence-electron chi connectivity index (χ0n) is 14.7. The third-order valence-electron chi connectivity index (χ3n) is 3.18. The largest absolute Gasteiger partial charge is 0.478 e. The minimum atomic E-state index is -1.03. The quantitative estimate of drug-likeness (QED) is 0.768. The number of carbonyl (C=O) groups excluding carboxylic acids is 2. The van der Waals surface area contributed by atoms with Crippen LogP contribution in [-0.2, 0) is 4.74 Å². The molecule has 2 aromatic rings. The van der Waals surface area contributed by atoms with E-state index in [1.807, 2.05) is 0 Å². The summed E-state index contributed by atoms with van der Waals surface area (Å²) in [6.45, 7) is 5.30. The molecule has 2 aromatic carbocycles. The molecule has 0 radical (unpaired) electrons. The van der Waals surface area contributed by atoms with Gasteiger partial charge in [-0.15, -0.1) is 0 Å². The average molecular weight is 356 g/mol. The second-order valence-electron chi connectivity index (χ2n) is 6.54. The van der Waals surface area contributed by atoms with Crippen LogP contribution in [0, 0.1) is 0 Å². The van der Waals surface area contributed by atoms with Crippen LogP contribution in [0.5, 0.6) is 0 Å². The van der Waals surface area contributed by atoms with Crippen molar-refractivity contribution in [3.8, 4) is 0 Å². The molecule has 3 N–H and O–H groups in total. The summed E-state index contributed by atoms with van der Waals surface area (Å²) >= 11 is 0. The highest BCUT2D eigenvalue weighted by Crippen LogP contribution is 2.15. The van der Waals surface area contributed by atoms with E-state index in [0.717, 1.165) is 0 Å².